The molecule has 5 nitrogen and oxygen atoms in total. The first kappa shape index (κ1) is 16.1. The van der Waals surface area contributed by atoms with E-state index >= 15 is 0 Å². The average Bonchev–Trinajstić information content (AvgIpc) is 3.21. The molecule has 1 amide bonds. The van der Waals surface area contributed by atoms with Gasteiger partial charge in [0.15, 0.2) is 0 Å². The molecule has 5 rings (SSSR count). The van der Waals surface area contributed by atoms with Crippen molar-refractivity contribution in [1.82, 2.24) is 9.97 Å². The van der Waals surface area contributed by atoms with Crippen molar-refractivity contribution in [2.24, 2.45) is 0 Å². The van der Waals surface area contributed by atoms with E-state index in [0.717, 1.165) is 27.3 Å². The second kappa shape index (κ2) is 6.25. The highest BCUT2D eigenvalue weighted by Crippen LogP contribution is 2.39. The highest BCUT2D eigenvalue weighted by molar-refractivity contribution is 7.13. The first-order chi connectivity index (χ1) is 13.2. The van der Waals surface area contributed by atoms with Crippen molar-refractivity contribution in [3.8, 4) is 10.4 Å². The summed E-state index contributed by atoms with van der Waals surface area (Å²) in [5.74, 6) is 1.39. The third-order valence-corrected chi connectivity index (χ3v) is 5.75. The Balaban J connectivity index is 1.43. The number of nitrogens with two attached hydrogens (primary N) is 1. The van der Waals surface area contributed by atoms with Crippen LogP contribution in [0.4, 0.5) is 11.4 Å². The van der Waals surface area contributed by atoms with Gasteiger partial charge in [0.1, 0.15) is 5.82 Å². The molecule has 0 saturated heterocycles. The van der Waals surface area contributed by atoms with Gasteiger partial charge in [0.2, 0.25) is 0 Å². The van der Waals surface area contributed by atoms with Crippen LogP contribution in [-0.4, -0.2) is 15.9 Å². The van der Waals surface area contributed by atoms with E-state index in [1.165, 1.54) is 12.8 Å². The molecular formula is C21H18N4OS. The Bertz CT molecular complexity index is 1140. The maximum absolute atomic E-state index is 12.8. The van der Waals surface area contributed by atoms with Gasteiger partial charge >= 0.3 is 0 Å². The number of hydrogen-bond acceptors (Lipinski definition) is 4. The van der Waals surface area contributed by atoms with Crippen LogP contribution < -0.4 is 11.1 Å². The minimum atomic E-state index is -0.186. The molecule has 0 atom stereocenters. The van der Waals surface area contributed by atoms with Gasteiger partial charge in [-0.15, -0.1) is 11.3 Å². The van der Waals surface area contributed by atoms with Crippen LogP contribution in [-0.2, 0) is 0 Å². The number of aromatic amines is 1. The monoisotopic (exact) mass is 374 g/mol. The highest BCUT2D eigenvalue weighted by atomic mass is 32.1. The van der Waals surface area contributed by atoms with Crippen molar-refractivity contribution < 1.29 is 4.79 Å². The summed E-state index contributed by atoms with van der Waals surface area (Å²) >= 11 is 1.65. The Morgan fingerprint density at radius 1 is 1.19 bits per heavy atom. The van der Waals surface area contributed by atoms with Crippen LogP contribution in [0.15, 0.2) is 53.9 Å². The van der Waals surface area contributed by atoms with E-state index in [0.29, 0.717) is 22.9 Å². The number of amides is 1. The molecule has 134 valence electrons. The van der Waals surface area contributed by atoms with Gasteiger partial charge in [-0.2, -0.15) is 0 Å². The molecule has 0 spiro atoms. The zero-order valence-corrected chi connectivity index (χ0v) is 15.3. The van der Waals surface area contributed by atoms with Crippen molar-refractivity contribution >= 4 is 39.7 Å². The third-order valence-electron chi connectivity index (χ3n) is 4.83. The van der Waals surface area contributed by atoms with Crippen molar-refractivity contribution in [3.05, 3.63) is 65.3 Å². The van der Waals surface area contributed by atoms with Gasteiger partial charge in [-0.05, 0) is 60.2 Å². The first-order valence-corrected chi connectivity index (χ1v) is 9.80. The molecule has 0 aliphatic heterocycles. The normalized spacial score (nSPS) is 13.8. The number of nitrogens with one attached hydrogen (secondary N) is 2. The van der Waals surface area contributed by atoms with Gasteiger partial charge in [-0.3, -0.25) is 4.79 Å². The molecule has 2 aromatic heterocycles. The lowest BCUT2D eigenvalue weighted by Crippen LogP contribution is -2.13. The van der Waals surface area contributed by atoms with Gasteiger partial charge in [-0.1, -0.05) is 12.1 Å². The Kier molecular flexibility index (Phi) is 3.72. The molecule has 2 heterocycles. The molecule has 1 saturated carbocycles. The molecule has 1 aliphatic carbocycles. The van der Waals surface area contributed by atoms with E-state index in [4.69, 9.17) is 5.73 Å². The quantitative estimate of drug-likeness (QED) is 0.439. The van der Waals surface area contributed by atoms with Crippen LogP contribution in [0.3, 0.4) is 0 Å². The number of imidazole rings is 1. The number of nitrogen functional groups attached to an aromatic ring is 1. The van der Waals surface area contributed by atoms with E-state index in [1.54, 1.807) is 17.4 Å². The van der Waals surface area contributed by atoms with E-state index in [9.17, 15) is 4.79 Å². The number of carbonyl (C=O) groups excluding carboxylic acids is 1. The lowest BCUT2D eigenvalue weighted by molar-refractivity contribution is 0.102. The summed E-state index contributed by atoms with van der Waals surface area (Å²) in [6.45, 7) is 0. The Morgan fingerprint density at radius 2 is 2.07 bits per heavy atom. The van der Waals surface area contributed by atoms with E-state index < -0.39 is 0 Å². The predicted octanol–water partition coefficient (Wildman–Crippen LogP) is 5.00. The molecule has 6 heteroatoms. The second-order valence-electron chi connectivity index (χ2n) is 6.86. The predicted molar refractivity (Wildman–Crippen MR) is 110 cm³/mol. The lowest BCUT2D eigenvalue weighted by Gasteiger charge is -2.10. The molecule has 2 aromatic carbocycles. The molecule has 27 heavy (non-hydrogen) atoms. The Morgan fingerprint density at radius 3 is 2.85 bits per heavy atom. The summed E-state index contributed by atoms with van der Waals surface area (Å²) in [6, 6.07) is 15.3. The maximum atomic E-state index is 12.8. The van der Waals surface area contributed by atoms with Crippen LogP contribution in [0.25, 0.3) is 21.5 Å². The number of benzene rings is 2. The van der Waals surface area contributed by atoms with E-state index in [1.807, 2.05) is 47.8 Å². The molecule has 0 bridgehead atoms. The summed E-state index contributed by atoms with van der Waals surface area (Å²) in [5, 5.41) is 4.97. The fourth-order valence-corrected chi connectivity index (χ4v) is 3.90. The molecule has 4 N–H and O–H groups in total. The standard InChI is InChI=1S/C21H18N4OS/c22-15-7-5-13(19-2-1-9-27-19)10-17(15)25-21(26)14-6-8-16-18(11-14)24-20(23-16)12-3-4-12/h1-2,5-12H,3-4,22H2,(H,23,24)(H,25,26). The third kappa shape index (κ3) is 3.08. The molecule has 4 aromatic rings. The first-order valence-electron chi connectivity index (χ1n) is 8.92. The van der Waals surface area contributed by atoms with E-state index in [-0.39, 0.29) is 5.91 Å². The summed E-state index contributed by atoms with van der Waals surface area (Å²) in [6.07, 6.45) is 2.38. The van der Waals surface area contributed by atoms with Crippen molar-refractivity contribution in [2.45, 2.75) is 18.8 Å². The number of nitrogens with zero attached hydrogens (tertiary/aromatic N) is 1. The number of rotatable bonds is 4. The molecule has 1 fully saturated rings. The second-order valence-corrected chi connectivity index (χ2v) is 7.81. The number of aromatic nitrogens is 2. The number of hydrogen-bond donors (Lipinski definition) is 3. The number of carbonyl (C=O) groups is 1. The Labute approximate surface area is 160 Å². The summed E-state index contributed by atoms with van der Waals surface area (Å²) in [5.41, 5.74) is 10.6. The highest BCUT2D eigenvalue weighted by Gasteiger charge is 2.26. The van der Waals surface area contributed by atoms with Crippen molar-refractivity contribution in [1.29, 1.82) is 0 Å². The van der Waals surface area contributed by atoms with Gasteiger partial charge in [-0.25, -0.2) is 4.98 Å². The van der Waals surface area contributed by atoms with Crippen molar-refractivity contribution in [2.75, 3.05) is 11.1 Å². The minimum Gasteiger partial charge on any atom is -0.397 e. The number of thiophene rings is 1. The van der Waals surface area contributed by atoms with E-state index in [2.05, 4.69) is 15.3 Å². The van der Waals surface area contributed by atoms with Crippen LogP contribution in [0.2, 0.25) is 0 Å². The van der Waals surface area contributed by atoms with Crippen LogP contribution in [0, 0.1) is 0 Å². The zero-order chi connectivity index (χ0) is 18.4. The molecule has 0 radical (unpaired) electrons. The smallest absolute Gasteiger partial charge is 0.255 e. The fraction of sp³-hybridized carbons (Fsp3) is 0.143. The van der Waals surface area contributed by atoms with Gasteiger partial charge in [0.05, 0.1) is 22.4 Å². The summed E-state index contributed by atoms with van der Waals surface area (Å²) in [7, 11) is 0. The Hall–Kier alpha value is -3.12. The molecular weight excluding hydrogens is 356 g/mol. The largest absolute Gasteiger partial charge is 0.397 e. The average molecular weight is 374 g/mol. The van der Waals surface area contributed by atoms with Gasteiger partial charge in [0.25, 0.3) is 5.91 Å². The van der Waals surface area contributed by atoms with Crippen molar-refractivity contribution in [3.63, 3.8) is 0 Å². The zero-order valence-electron chi connectivity index (χ0n) is 14.5. The lowest BCUT2D eigenvalue weighted by atomic mass is 10.1. The van der Waals surface area contributed by atoms with Gasteiger partial charge < -0.3 is 16.0 Å². The maximum Gasteiger partial charge on any atom is 0.255 e. The number of fused-ring (bicyclic) bond motifs is 1. The van der Waals surface area contributed by atoms with Gasteiger partial charge in [0, 0.05) is 16.4 Å². The summed E-state index contributed by atoms with van der Waals surface area (Å²) in [4.78, 5) is 21.8. The van der Waals surface area contributed by atoms with Crippen LogP contribution in [0.5, 0.6) is 0 Å². The topological polar surface area (TPSA) is 83.8 Å². The molecule has 1 aliphatic rings. The van der Waals surface area contributed by atoms with Crippen LogP contribution in [0.1, 0.15) is 34.9 Å². The van der Waals surface area contributed by atoms with Crippen LogP contribution >= 0.6 is 11.3 Å². The number of H-pyrrole nitrogens is 1. The fourth-order valence-electron chi connectivity index (χ4n) is 3.18. The summed E-state index contributed by atoms with van der Waals surface area (Å²) < 4.78 is 0. The number of anilines is 2. The molecule has 0 unspecified atom stereocenters. The SMILES string of the molecule is Nc1ccc(-c2cccs2)cc1NC(=O)c1ccc2nc(C3CC3)[nH]c2c1. The minimum absolute atomic E-state index is 0.186.